The first-order valence-corrected chi connectivity index (χ1v) is 7.17. The van der Waals surface area contributed by atoms with Crippen LogP contribution in [0, 0.1) is 5.41 Å². The summed E-state index contributed by atoms with van der Waals surface area (Å²) in [5, 5.41) is 8.83. The van der Waals surface area contributed by atoms with Crippen LogP contribution in [0.25, 0.3) is 0 Å². The van der Waals surface area contributed by atoms with E-state index in [0.717, 1.165) is 6.07 Å². The van der Waals surface area contributed by atoms with E-state index >= 15 is 0 Å². The number of carbonyl (C=O) groups is 2. The lowest BCUT2D eigenvalue weighted by molar-refractivity contribution is -0.125. The molecule has 1 aromatic carbocycles. The quantitative estimate of drug-likeness (QED) is 0.690. The number of hydrogen-bond acceptors (Lipinski definition) is 4. The highest BCUT2D eigenvalue weighted by atomic mass is 32.2. The van der Waals surface area contributed by atoms with Gasteiger partial charge in [-0.2, -0.15) is 0 Å². The van der Waals surface area contributed by atoms with Gasteiger partial charge in [0.05, 0.1) is 15.9 Å². The third-order valence-electron chi connectivity index (χ3n) is 2.76. The number of nitrogens with two attached hydrogens (primary N) is 1. The number of aromatic carboxylic acids is 1. The van der Waals surface area contributed by atoms with Crippen LogP contribution < -0.4 is 10.5 Å². The monoisotopic (exact) mass is 300 g/mol. The van der Waals surface area contributed by atoms with Crippen LogP contribution in [0.3, 0.4) is 0 Å². The number of rotatable bonds is 6. The van der Waals surface area contributed by atoms with E-state index in [9.17, 15) is 18.0 Å². The van der Waals surface area contributed by atoms with Crippen molar-refractivity contribution in [3.63, 3.8) is 0 Å². The number of amides is 1. The Hall–Kier alpha value is -1.93. The van der Waals surface area contributed by atoms with E-state index in [1.54, 1.807) is 0 Å². The van der Waals surface area contributed by atoms with Gasteiger partial charge in [-0.25, -0.2) is 17.9 Å². The molecule has 1 rings (SSSR count). The van der Waals surface area contributed by atoms with Gasteiger partial charge in [-0.1, -0.05) is 6.07 Å². The molecule has 0 radical (unpaired) electrons. The minimum Gasteiger partial charge on any atom is -0.478 e. The Kier molecular flexibility index (Phi) is 4.51. The van der Waals surface area contributed by atoms with Gasteiger partial charge in [0.2, 0.25) is 15.9 Å². The minimum atomic E-state index is -3.90. The van der Waals surface area contributed by atoms with E-state index in [1.165, 1.54) is 32.0 Å². The molecular weight excluding hydrogens is 284 g/mol. The zero-order valence-electron chi connectivity index (χ0n) is 11.1. The van der Waals surface area contributed by atoms with Crippen LogP contribution in [-0.2, 0) is 14.8 Å². The number of carboxylic acids is 1. The van der Waals surface area contributed by atoms with Crippen molar-refractivity contribution in [2.24, 2.45) is 11.1 Å². The third kappa shape index (κ3) is 3.78. The molecule has 0 aromatic heterocycles. The number of carboxylic acid groups (broad SMARTS) is 1. The Morgan fingerprint density at radius 1 is 1.35 bits per heavy atom. The van der Waals surface area contributed by atoms with E-state index < -0.39 is 27.3 Å². The number of hydrogen-bond donors (Lipinski definition) is 3. The van der Waals surface area contributed by atoms with Crippen molar-refractivity contribution in [3.8, 4) is 0 Å². The summed E-state index contributed by atoms with van der Waals surface area (Å²) < 4.78 is 26.3. The van der Waals surface area contributed by atoms with Gasteiger partial charge in [0.15, 0.2) is 0 Å². The highest BCUT2D eigenvalue weighted by molar-refractivity contribution is 7.89. The summed E-state index contributed by atoms with van der Waals surface area (Å²) >= 11 is 0. The smallest absolute Gasteiger partial charge is 0.335 e. The number of sulfonamides is 1. The van der Waals surface area contributed by atoms with Crippen molar-refractivity contribution in [2.45, 2.75) is 18.7 Å². The zero-order valence-corrected chi connectivity index (χ0v) is 11.9. The molecule has 0 atom stereocenters. The first kappa shape index (κ1) is 16.1. The average molecular weight is 300 g/mol. The lowest BCUT2D eigenvalue weighted by atomic mass is 9.93. The van der Waals surface area contributed by atoms with Crippen LogP contribution in [0.15, 0.2) is 29.2 Å². The van der Waals surface area contributed by atoms with Crippen LogP contribution in [0.5, 0.6) is 0 Å². The molecule has 0 spiro atoms. The van der Waals surface area contributed by atoms with Crippen molar-refractivity contribution in [1.82, 2.24) is 4.72 Å². The molecule has 0 saturated heterocycles. The van der Waals surface area contributed by atoms with Crippen LogP contribution in [0.1, 0.15) is 24.2 Å². The van der Waals surface area contributed by atoms with Crippen LogP contribution >= 0.6 is 0 Å². The van der Waals surface area contributed by atoms with Crippen LogP contribution in [0.4, 0.5) is 0 Å². The molecule has 1 amide bonds. The largest absolute Gasteiger partial charge is 0.478 e. The maximum atomic E-state index is 12.0. The van der Waals surface area contributed by atoms with Gasteiger partial charge in [-0.3, -0.25) is 4.79 Å². The van der Waals surface area contributed by atoms with Gasteiger partial charge in [-0.05, 0) is 32.0 Å². The average Bonchev–Trinajstić information content (AvgIpc) is 2.36. The second-order valence-electron chi connectivity index (χ2n) is 4.91. The summed E-state index contributed by atoms with van der Waals surface area (Å²) in [4.78, 5) is 21.8. The summed E-state index contributed by atoms with van der Waals surface area (Å²) in [6.07, 6.45) is 0. The topological polar surface area (TPSA) is 127 Å². The van der Waals surface area contributed by atoms with Gasteiger partial charge in [0.25, 0.3) is 0 Å². The van der Waals surface area contributed by atoms with E-state index in [0.29, 0.717) is 0 Å². The molecule has 0 saturated carbocycles. The lowest BCUT2D eigenvalue weighted by Crippen LogP contribution is -2.42. The van der Waals surface area contributed by atoms with E-state index in [-0.39, 0.29) is 17.0 Å². The molecule has 4 N–H and O–H groups in total. The molecular formula is C12H16N2O5S. The van der Waals surface area contributed by atoms with E-state index in [4.69, 9.17) is 10.8 Å². The minimum absolute atomic E-state index is 0.137. The third-order valence-corrected chi connectivity index (χ3v) is 4.16. The molecule has 0 bridgehead atoms. The second-order valence-corrected chi connectivity index (χ2v) is 6.67. The Bertz CT molecular complexity index is 637. The summed E-state index contributed by atoms with van der Waals surface area (Å²) in [6.45, 7) is 2.83. The molecule has 0 aliphatic carbocycles. The molecule has 0 aliphatic heterocycles. The fourth-order valence-electron chi connectivity index (χ4n) is 1.24. The first-order valence-electron chi connectivity index (χ1n) is 5.69. The van der Waals surface area contributed by atoms with Gasteiger partial charge >= 0.3 is 5.97 Å². The van der Waals surface area contributed by atoms with E-state index in [2.05, 4.69) is 4.72 Å². The van der Waals surface area contributed by atoms with E-state index in [1.807, 2.05) is 0 Å². The fraction of sp³-hybridized carbons (Fsp3) is 0.333. The molecule has 0 fully saturated rings. The summed E-state index contributed by atoms with van der Waals surface area (Å²) in [5.41, 5.74) is 3.97. The molecule has 0 unspecified atom stereocenters. The second kappa shape index (κ2) is 5.59. The summed E-state index contributed by atoms with van der Waals surface area (Å²) in [7, 11) is -3.90. The highest BCUT2D eigenvalue weighted by Crippen LogP contribution is 2.16. The normalized spacial score (nSPS) is 12.1. The van der Waals surface area contributed by atoms with Crippen molar-refractivity contribution in [2.75, 3.05) is 6.54 Å². The van der Waals surface area contributed by atoms with Crippen LogP contribution in [0.2, 0.25) is 0 Å². The molecule has 0 aliphatic rings. The lowest BCUT2D eigenvalue weighted by Gasteiger charge is -2.20. The summed E-state index contributed by atoms with van der Waals surface area (Å²) in [5.74, 6) is -1.86. The number of benzene rings is 1. The number of nitrogens with one attached hydrogen (secondary N) is 1. The molecule has 7 nitrogen and oxygen atoms in total. The predicted molar refractivity (Wildman–Crippen MR) is 71.6 cm³/mol. The first-order chi connectivity index (χ1) is 9.06. The number of carbonyl (C=O) groups excluding carboxylic acids is 1. The van der Waals surface area contributed by atoms with Crippen molar-refractivity contribution in [1.29, 1.82) is 0 Å². The summed E-state index contributed by atoms with van der Waals surface area (Å²) in [6, 6.07) is 4.93. The van der Waals surface area contributed by atoms with Crippen molar-refractivity contribution >= 4 is 21.9 Å². The number of primary amides is 1. The maximum Gasteiger partial charge on any atom is 0.335 e. The molecule has 20 heavy (non-hydrogen) atoms. The highest BCUT2D eigenvalue weighted by Gasteiger charge is 2.27. The van der Waals surface area contributed by atoms with Gasteiger partial charge in [0.1, 0.15) is 0 Å². The Morgan fingerprint density at radius 3 is 2.45 bits per heavy atom. The maximum absolute atomic E-state index is 12.0. The standard InChI is InChI=1S/C12H16N2O5S/c1-12(2,11(13)17)7-14-20(18,19)9-5-3-4-8(6-9)10(15)16/h3-6,14H,7H2,1-2H3,(H2,13,17)(H,15,16). The Labute approximate surface area is 116 Å². The molecule has 1 aromatic rings. The van der Waals surface area contributed by atoms with Crippen molar-refractivity contribution < 1.29 is 23.1 Å². The molecule has 0 heterocycles. The van der Waals surface area contributed by atoms with Gasteiger partial charge in [0, 0.05) is 6.54 Å². The van der Waals surface area contributed by atoms with Crippen molar-refractivity contribution in [3.05, 3.63) is 29.8 Å². The van der Waals surface area contributed by atoms with Gasteiger partial charge < -0.3 is 10.8 Å². The van der Waals surface area contributed by atoms with Gasteiger partial charge in [-0.15, -0.1) is 0 Å². The molecule has 110 valence electrons. The van der Waals surface area contributed by atoms with Crippen LogP contribution in [-0.4, -0.2) is 31.9 Å². The zero-order chi connectivity index (χ0) is 15.6. The Morgan fingerprint density at radius 2 is 1.95 bits per heavy atom. The fourth-order valence-corrected chi connectivity index (χ4v) is 2.50. The molecule has 8 heteroatoms. The SMILES string of the molecule is CC(C)(CNS(=O)(=O)c1cccc(C(=O)O)c1)C(N)=O. The predicted octanol–water partition coefficient (Wildman–Crippen LogP) is 0.175. The Balaban J connectivity index is 2.98.